The molecule has 0 spiro atoms. The summed E-state index contributed by atoms with van der Waals surface area (Å²) in [5.74, 6) is 0. The van der Waals surface area contributed by atoms with Crippen LogP contribution in [0.5, 0.6) is 0 Å². The average Bonchev–Trinajstić information content (AvgIpc) is 2.38. The maximum atomic E-state index is 6.33. The highest BCUT2D eigenvalue weighted by atomic mass is 79.9. The van der Waals surface area contributed by atoms with Gasteiger partial charge in [-0.1, -0.05) is 57.9 Å². The van der Waals surface area contributed by atoms with Crippen molar-refractivity contribution in [1.82, 2.24) is 0 Å². The summed E-state index contributed by atoms with van der Waals surface area (Å²) in [6.07, 6.45) is 0. The second kappa shape index (κ2) is 4.99. The molecule has 3 aromatic carbocycles. The minimum Gasteiger partial charge on any atom is -0.0837 e. The summed E-state index contributed by atoms with van der Waals surface area (Å²) < 4.78 is 1.10. The van der Waals surface area contributed by atoms with Crippen LogP contribution >= 0.6 is 27.5 Å². The predicted octanol–water partition coefficient (Wildman–Crippen LogP) is 6.23. The molecule has 0 aliphatic rings. The molecule has 0 saturated carbocycles. The molecular weight excluding hydrogens is 320 g/mol. The van der Waals surface area contributed by atoms with E-state index >= 15 is 0 Å². The molecule has 2 heteroatoms. The summed E-state index contributed by atoms with van der Waals surface area (Å²) in [4.78, 5) is 0. The third-order valence-corrected chi connectivity index (χ3v) is 4.12. The number of benzene rings is 3. The van der Waals surface area contributed by atoms with Crippen molar-refractivity contribution in [3.63, 3.8) is 0 Å². The Labute approximate surface area is 126 Å². The van der Waals surface area contributed by atoms with Crippen LogP contribution in [-0.2, 0) is 0 Å². The lowest BCUT2D eigenvalue weighted by molar-refractivity contribution is 1.46. The van der Waals surface area contributed by atoms with Crippen LogP contribution in [0.25, 0.3) is 21.9 Å². The van der Waals surface area contributed by atoms with Crippen LogP contribution in [0.3, 0.4) is 0 Å². The summed E-state index contributed by atoms with van der Waals surface area (Å²) in [6, 6.07) is 18.8. The molecule has 0 bridgehead atoms. The Morgan fingerprint density at radius 2 is 1.63 bits per heavy atom. The van der Waals surface area contributed by atoms with Crippen LogP contribution in [0.4, 0.5) is 0 Å². The number of hydrogen-bond donors (Lipinski definition) is 0. The minimum absolute atomic E-state index is 0.802. The summed E-state index contributed by atoms with van der Waals surface area (Å²) in [7, 11) is 0. The Hall–Kier alpha value is -1.31. The zero-order valence-corrected chi connectivity index (χ0v) is 12.8. The molecular formula is C17H12BrCl. The second-order valence-corrected chi connectivity index (χ2v) is 5.96. The molecule has 0 aliphatic heterocycles. The van der Waals surface area contributed by atoms with Gasteiger partial charge >= 0.3 is 0 Å². The molecule has 0 nitrogen and oxygen atoms in total. The van der Waals surface area contributed by atoms with Gasteiger partial charge in [-0.25, -0.2) is 0 Å². The minimum atomic E-state index is 0.802. The highest BCUT2D eigenvalue weighted by Crippen LogP contribution is 2.33. The van der Waals surface area contributed by atoms with E-state index in [0.717, 1.165) is 20.6 Å². The first-order chi connectivity index (χ1) is 9.15. The topological polar surface area (TPSA) is 0 Å². The summed E-state index contributed by atoms with van der Waals surface area (Å²) >= 11 is 9.83. The number of aryl methyl sites for hydroxylation is 1. The Morgan fingerprint density at radius 3 is 2.42 bits per heavy atom. The smallest absolute Gasteiger partial charge is 0.0487 e. The zero-order valence-electron chi connectivity index (χ0n) is 10.5. The molecule has 0 atom stereocenters. The second-order valence-electron chi connectivity index (χ2n) is 4.64. The molecule has 3 rings (SSSR count). The van der Waals surface area contributed by atoms with Crippen molar-refractivity contribution in [1.29, 1.82) is 0 Å². The van der Waals surface area contributed by atoms with Crippen LogP contribution in [0.2, 0.25) is 5.02 Å². The molecule has 0 heterocycles. The van der Waals surface area contributed by atoms with E-state index in [2.05, 4.69) is 65.3 Å². The fourth-order valence-electron chi connectivity index (χ4n) is 2.37. The average molecular weight is 332 g/mol. The third-order valence-electron chi connectivity index (χ3n) is 3.31. The Morgan fingerprint density at radius 1 is 0.895 bits per heavy atom. The zero-order chi connectivity index (χ0) is 13.4. The first-order valence-electron chi connectivity index (χ1n) is 6.10. The lowest BCUT2D eigenvalue weighted by atomic mass is 9.98. The van der Waals surface area contributed by atoms with E-state index in [0.29, 0.717) is 0 Å². The molecule has 0 amide bonds. The van der Waals surface area contributed by atoms with Crippen molar-refractivity contribution in [3.8, 4) is 11.1 Å². The van der Waals surface area contributed by atoms with Crippen molar-refractivity contribution >= 4 is 38.3 Å². The summed E-state index contributed by atoms with van der Waals surface area (Å²) in [6.45, 7) is 2.09. The Balaban J connectivity index is 2.24. The van der Waals surface area contributed by atoms with Gasteiger partial charge in [0, 0.05) is 15.1 Å². The van der Waals surface area contributed by atoms with Crippen LogP contribution < -0.4 is 0 Å². The van der Waals surface area contributed by atoms with E-state index in [-0.39, 0.29) is 0 Å². The molecule has 0 aromatic heterocycles. The van der Waals surface area contributed by atoms with Crippen molar-refractivity contribution in [3.05, 3.63) is 69.7 Å². The normalized spacial score (nSPS) is 10.9. The van der Waals surface area contributed by atoms with Gasteiger partial charge in [-0.3, -0.25) is 0 Å². The quantitative estimate of drug-likeness (QED) is 0.496. The standard InChI is InChI=1S/C17H12BrCl/c1-11-3-2-4-16(19)17(11)14-6-5-13-10-15(18)8-7-12(13)9-14/h2-10H,1H3. The van der Waals surface area contributed by atoms with Crippen molar-refractivity contribution in [2.45, 2.75) is 6.92 Å². The van der Waals surface area contributed by atoms with E-state index in [1.54, 1.807) is 0 Å². The molecule has 0 aliphatic carbocycles. The van der Waals surface area contributed by atoms with E-state index in [1.807, 2.05) is 12.1 Å². The van der Waals surface area contributed by atoms with Gasteiger partial charge in [-0.05, 0) is 53.1 Å². The first kappa shape index (κ1) is 12.7. The molecule has 19 heavy (non-hydrogen) atoms. The van der Waals surface area contributed by atoms with Gasteiger partial charge in [0.25, 0.3) is 0 Å². The molecule has 0 radical (unpaired) electrons. The Bertz CT molecular complexity index is 742. The van der Waals surface area contributed by atoms with Crippen LogP contribution in [-0.4, -0.2) is 0 Å². The highest BCUT2D eigenvalue weighted by Gasteiger charge is 2.07. The van der Waals surface area contributed by atoms with E-state index in [4.69, 9.17) is 11.6 Å². The van der Waals surface area contributed by atoms with E-state index < -0.39 is 0 Å². The largest absolute Gasteiger partial charge is 0.0837 e. The monoisotopic (exact) mass is 330 g/mol. The van der Waals surface area contributed by atoms with E-state index in [1.165, 1.54) is 16.3 Å². The predicted molar refractivity (Wildman–Crippen MR) is 86.8 cm³/mol. The van der Waals surface area contributed by atoms with Crippen LogP contribution in [0.1, 0.15) is 5.56 Å². The fourth-order valence-corrected chi connectivity index (χ4v) is 3.08. The lowest BCUT2D eigenvalue weighted by Gasteiger charge is -2.09. The highest BCUT2D eigenvalue weighted by molar-refractivity contribution is 9.10. The van der Waals surface area contributed by atoms with Gasteiger partial charge in [0.2, 0.25) is 0 Å². The molecule has 0 unspecified atom stereocenters. The molecule has 0 fully saturated rings. The van der Waals surface area contributed by atoms with Crippen molar-refractivity contribution in [2.24, 2.45) is 0 Å². The van der Waals surface area contributed by atoms with Gasteiger partial charge in [0.15, 0.2) is 0 Å². The maximum Gasteiger partial charge on any atom is 0.0487 e. The lowest BCUT2D eigenvalue weighted by Crippen LogP contribution is -1.85. The number of fused-ring (bicyclic) bond motifs is 1. The number of halogens is 2. The van der Waals surface area contributed by atoms with E-state index in [9.17, 15) is 0 Å². The summed E-state index contributed by atoms with van der Waals surface area (Å²) in [5.41, 5.74) is 3.48. The van der Waals surface area contributed by atoms with Gasteiger partial charge in [-0.15, -0.1) is 0 Å². The van der Waals surface area contributed by atoms with Gasteiger partial charge in [-0.2, -0.15) is 0 Å². The van der Waals surface area contributed by atoms with Crippen molar-refractivity contribution in [2.75, 3.05) is 0 Å². The fraction of sp³-hybridized carbons (Fsp3) is 0.0588. The number of rotatable bonds is 1. The summed E-state index contributed by atoms with van der Waals surface area (Å²) in [5, 5.41) is 3.25. The van der Waals surface area contributed by atoms with Gasteiger partial charge in [0.1, 0.15) is 0 Å². The first-order valence-corrected chi connectivity index (χ1v) is 7.27. The van der Waals surface area contributed by atoms with Crippen LogP contribution in [0.15, 0.2) is 59.1 Å². The van der Waals surface area contributed by atoms with Crippen LogP contribution in [0, 0.1) is 6.92 Å². The SMILES string of the molecule is Cc1cccc(Cl)c1-c1ccc2cc(Br)ccc2c1. The third kappa shape index (κ3) is 2.41. The van der Waals surface area contributed by atoms with Gasteiger partial charge in [0.05, 0.1) is 0 Å². The maximum absolute atomic E-state index is 6.33. The van der Waals surface area contributed by atoms with Crippen molar-refractivity contribution < 1.29 is 0 Å². The molecule has 0 N–H and O–H groups in total. The molecule has 94 valence electrons. The molecule has 0 saturated heterocycles. The number of hydrogen-bond acceptors (Lipinski definition) is 0. The van der Waals surface area contributed by atoms with Gasteiger partial charge < -0.3 is 0 Å². The molecule has 3 aromatic rings. The Kier molecular flexibility index (Phi) is 3.34.